The minimum atomic E-state index is 0.258. The third-order valence-corrected chi connectivity index (χ3v) is 5.97. The monoisotopic (exact) mass is 290 g/mol. The maximum atomic E-state index is 12.4. The van der Waals surface area contributed by atoms with Gasteiger partial charge in [-0.05, 0) is 70.4 Å². The molecule has 1 saturated heterocycles. The quantitative estimate of drug-likeness (QED) is 0.743. The first-order chi connectivity index (χ1) is 10.0. The van der Waals surface area contributed by atoms with Gasteiger partial charge in [-0.2, -0.15) is 0 Å². The first-order valence-electron chi connectivity index (χ1n) is 8.72. The van der Waals surface area contributed by atoms with Gasteiger partial charge in [0.25, 0.3) is 0 Å². The van der Waals surface area contributed by atoms with Crippen LogP contribution in [0.15, 0.2) is 12.2 Å². The van der Waals surface area contributed by atoms with Crippen molar-refractivity contribution in [3.63, 3.8) is 0 Å². The SMILES string of the molecule is CC(C)N(C)C(=O)C1CCN(C[C@@H]2C[C@H]3C=C[C@H]2C3)CC1. The van der Waals surface area contributed by atoms with Crippen LogP contribution in [-0.4, -0.2) is 48.4 Å². The summed E-state index contributed by atoms with van der Waals surface area (Å²) in [7, 11) is 1.95. The van der Waals surface area contributed by atoms with Crippen LogP contribution >= 0.6 is 0 Å². The van der Waals surface area contributed by atoms with Gasteiger partial charge in [-0.1, -0.05) is 12.2 Å². The van der Waals surface area contributed by atoms with Gasteiger partial charge in [0.05, 0.1) is 0 Å². The predicted molar refractivity (Wildman–Crippen MR) is 85.9 cm³/mol. The van der Waals surface area contributed by atoms with Crippen molar-refractivity contribution in [1.82, 2.24) is 9.80 Å². The van der Waals surface area contributed by atoms with E-state index in [1.165, 1.54) is 19.4 Å². The van der Waals surface area contributed by atoms with E-state index in [4.69, 9.17) is 0 Å². The molecular weight excluding hydrogens is 260 g/mol. The lowest BCUT2D eigenvalue weighted by Gasteiger charge is -2.36. The van der Waals surface area contributed by atoms with Crippen LogP contribution < -0.4 is 0 Å². The first-order valence-corrected chi connectivity index (χ1v) is 8.72. The van der Waals surface area contributed by atoms with E-state index in [2.05, 4.69) is 30.9 Å². The highest BCUT2D eigenvalue weighted by Gasteiger charge is 2.37. The van der Waals surface area contributed by atoms with Crippen molar-refractivity contribution in [2.45, 2.75) is 45.6 Å². The maximum absolute atomic E-state index is 12.4. The summed E-state index contributed by atoms with van der Waals surface area (Å²) in [6.07, 6.45) is 9.77. The highest BCUT2D eigenvalue weighted by atomic mass is 16.2. The number of likely N-dealkylation sites (tertiary alicyclic amines) is 1. The van der Waals surface area contributed by atoms with Crippen molar-refractivity contribution in [3.05, 3.63) is 12.2 Å². The molecule has 2 aliphatic carbocycles. The number of hydrogen-bond acceptors (Lipinski definition) is 2. The fourth-order valence-electron chi connectivity index (χ4n) is 4.34. The third kappa shape index (κ3) is 3.18. The number of amides is 1. The van der Waals surface area contributed by atoms with Gasteiger partial charge in [0.1, 0.15) is 0 Å². The Morgan fingerprint density at radius 3 is 2.48 bits per heavy atom. The molecule has 0 spiro atoms. The number of carbonyl (C=O) groups is 1. The Bertz CT molecular complexity index is 409. The van der Waals surface area contributed by atoms with Crippen molar-refractivity contribution < 1.29 is 4.79 Å². The number of allylic oxidation sites excluding steroid dienone is 2. The lowest BCUT2D eigenvalue weighted by Crippen LogP contribution is -2.44. The molecule has 3 aliphatic rings. The van der Waals surface area contributed by atoms with Crippen LogP contribution in [0.4, 0.5) is 0 Å². The maximum Gasteiger partial charge on any atom is 0.225 e. The molecule has 1 saturated carbocycles. The summed E-state index contributed by atoms with van der Waals surface area (Å²) < 4.78 is 0. The molecule has 21 heavy (non-hydrogen) atoms. The molecular formula is C18H30N2O. The molecule has 1 heterocycles. The van der Waals surface area contributed by atoms with Crippen molar-refractivity contribution in [2.24, 2.45) is 23.7 Å². The Morgan fingerprint density at radius 2 is 1.95 bits per heavy atom. The molecule has 2 fully saturated rings. The molecule has 0 aromatic heterocycles. The van der Waals surface area contributed by atoms with E-state index >= 15 is 0 Å². The minimum Gasteiger partial charge on any atom is -0.343 e. The van der Waals surface area contributed by atoms with Gasteiger partial charge in [0.2, 0.25) is 5.91 Å². The van der Waals surface area contributed by atoms with Crippen molar-refractivity contribution in [3.8, 4) is 0 Å². The highest BCUT2D eigenvalue weighted by Crippen LogP contribution is 2.43. The molecule has 0 aromatic rings. The molecule has 118 valence electrons. The standard InChI is InChI=1S/C18H30N2O/c1-13(2)19(3)18(21)15-6-8-20(9-7-15)12-17-11-14-4-5-16(17)10-14/h4-5,13-17H,6-12H2,1-3H3/t14-,16-,17-/m0/s1. The molecule has 3 nitrogen and oxygen atoms in total. The Labute approximate surface area is 129 Å². The van der Waals surface area contributed by atoms with Crippen LogP contribution in [0.25, 0.3) is 0 Å². The average molecular weight is 290 g/mol. The van der Waals surface area contributed by atoms with Crippen LogP contribution in [0, 0.1) is 23.7 Å². The third-order valence-electron chi connectivity index (χ3n) is 5.97. The summed E-state index contributed by atoms with van der Waals surface area (Å²) in [5.74, 6) is 3.21. The second-order valence-corrected chi connectivity index (χ2v) is 7.66. The Morgan fingerprint density at radius 1 is 1.24 bits per heavy atom. The molecule has 1 aliphatic heterocycles. The van der Waals surface area contributed by atoms with E-state index in [-0.39, 0.29) is 5.92 Å². The Kier molecular flexibility index (Phi) is 4.39. The first kappa shape index (κ1) is 15.1. The van der Waals surface area contributed by atoms with Gasteiger partial charge in [0, 0.05) is 25.6 Å². The van der Waals surface area contributed by atoms with Crippen molar-refractivity contribution in [1.29, 1.82) is 0 Å². The molecule has 3 atom stereocenters. The normalized spacial score (nSPS) is 33.0. The van der Waals surface area contributed by atoms with Gasteiger partial charge in [-0.3, -0.25) is 4.79 Å². The van der Waals surface area contributed by atoms with E-state index in [0.717, 1.165) is 43.7 Å². The number of nitrogens with zero attached hydrogens (tertiary/aromatic N) is 2. The van der Waals surface area contributed by atoms with Gasteiger partial charge < -0.3 is 9.80 Å². The summed E-state index contributed by atoms with van der Waals surface area (Å²) >= 11 is 0. The van der Waals surface area contributed by atoms with Crippen LogP contribution in [0.3, 0.4) is 0 Å². The predicted octanol–water partition coefficient (Wildman–Crippen LogP) is 2.78. The average Bonchev–Trinajstić information content (AvgIpc) is 3.09. The smallest absolute Gasteiger partial charge is 0.225 e. The summed E-state index contributed by atoms with van der Waals surface area (Å²) in [4.78, 5) is 16.9. The molecule has 0 N–H and O–H groups in total. The Balaban J connectivity index is 1.45. The minimum absolute atomic E-state index is 0.258. The topological polar surface area (TPSA) is 23.6 Å². The number of hydrogen-bond donors (Lipinski definition) is 0. The second-order valence-electron chi connectivity index (χ2n) is 7.66. The summed E-state index contributed by atoms with van der Waals surface area (Å²) in [6, 6.07) is 0.316. The van der Waals surface area contributed by atoms with Crippen molar-refractivity contribution in [2.75, 3.05) is 26.7 Å². The van der Waals surface area contributed by atoms with Crippen LogP contribution in [0.1, 0.15) is 39.5 Å². The van der Waals surface area contributed by atoms with E-state index in [1.807, 2.05) is 11.9 Å². The molecule has 1 amide bonds. The fourth-order valence-corrected chi connectivity index (χ4v) is 4.34. The zero-order chi connectivity index (χ0) is 15.0. The molecule has 3 rings (SSSR count). The lowest BCUT2D eigenvalue weighted by molar-refractivity contribution is -0.137. The van der Waals surface area contributed by atoms with E-state index in [0.29, 0.717) is 11.9 Å². The Hall–Kier alpha value is -0.830. The van der Waals surface area contributed by atoms with Gasteiger partial charge in [-0.25, -0.2) is 0 Å². The second kappa shape index (κ2) is 6.12. The lowest BCUT2D eigenvalue weighted by atomic mass is 9.90. The summed E-state index contributed by atoms with van der Waals surface area (Å²) in [6.45, 7) is 7.66. The van der Waals surface area contributed by atoms with Crippen molar-refractivity contribution >= 4 is 5.91 Å². The molecule has 2 bridgehead atoms. The van der Waals surface area contributed by atoms with Gasteiger partial charge >= 0.3 is 0 Å². The molecule has 3 heteroatoms. The van der Waals surface area contributed by atoms with E-state index in [1.54, 1.807) is 0 Å². The summed E-state index contributed by atoms with van der Waals surface area (Å²) in [5, 5.41) is 0. The largest absolute Gasteiger partial charge is 0.343 e. The van der Waals surface area contributed by atoms with E-state index < -0.39 is 0 Å². The number of carbonyl (C=O) groups excluding carboxylic acids is 1. The van der Waals surface area contributed by atoms with Crippen LogP contribution in [-0.2, 0) is 4.79 Å². The van der Waals surface area contributed by atoms with Crippen LogP contribution in [0.2, 0.25) is 0 Å². The zero-order valence-electron chi connectivity index (χ0n) is 13.8. The molecule has 0 unspecified atom stereocenters. The number of fused-ring (bicyclic) bond motifs is 2. The number of rotatable bonds is 4. The fraction of sp³-hybridized carbons (Fsp3) is 0.833. The van der Waals surface area contributed by atoms with Gasteiger partial charge in [-0.15, -0.1) is 0 Å². The molecule has 0 radical (unpaired) electrons. The van der Waals surface area contributed by atoms with Gasteiger partial charge in [0.15, 0.2) is 0 Å². The summed E-state index contributed by atoms with van der Waals surface area (Å²) in [5.41, 5.74) is 0. The number of piperidine rings is 1. The van der Waals surface area contributed by atoms with Crippen LogP contribution in [0.5, 0.6) is 0 Å². The molecule has 0 aromatic carbocycles. The highest BCUT2D eigenvalue weighted by molar-refractivity contribution is 5.78. The van der Waals surface area contributed by atoms with E-state index in [9.17, 15) is 4.79 Å². The zero-order valence-corrected chi connectivity index (χ0v) is 13.8.